The zero-order valence-electron chi connectivity index (χ0n) is 18.5. The first-order chi connectivity index (χ1) is 14.7. The van der Waals surface area contributed by atoms with Gasteiger partial charge < -0.3 is 9.14 Å². The molecule has 1 unspecified atom stereocenters. The minimum absolute atomic E-state index is 0.0590. The first kappa shape index (κ1) is 21.2. The Morgan fingerprint density at radius 2 is 1.97 bits per heavy atom. The van der Waals surface area contributed by atoms with E-state index in [1.54, 1.807) is 17.8 Å². The number of fused-ring (bicyclic) bond motifs is 1. The Balaban J connectivity index is 1.65. The van der Waals surface area contributed by atoms with Crippen LogP contribution in [0.3, 0.4) is 0 Å². The third-order valence-electron chi connectivity index (χ3n) is 5.35. The second-order valence-corrected chi connectivity index (χ2v) is 9.44. The van der Waals surface area contributed by atoms with Crippen LogP contribution in [0.2, 0.25) is 0 Å². The maximum atomic E-state index is 12.6. The number of nitrogens with zero attached hydrogens (tertiary/aromatic N) is 5. The lowest BCUT2D eigenvalue weighted by Crippen LogP contribution is -2.18. The van der Waals surface area contributed by atoms with Crippen molar-refractivity contribution >= 4 is 17.4 Å². The number of hydrogen-bond acceptors (Lipinski definition) is 6. The zero-order chi connectivity index (χ0) is 22.2. The molecular formula is C23H29N5O3. The van der Waals surface area contributed by atoms with Crippen LogP contribution >= 0.6 is 0 Å². The summed E-state index contributed by atoms with van der Waals surface area (Å²) in [7, 11) is 0. The van der Waals surface area contributed by atoms with Crippen molar-refractivity contribution in [3.63, 3.8) is 0 Å². The summed E-state index contributed by atoms with van der Waals surface area (Å²) in [5.41, 5.74) is 2.93. The summed E-state index contributed by atoms with van der Waals surface area (Å²) in [4.78, 5) is 29.6. The van der Waals surface area contributed by atoms with Crippen molar-refractivity contribution in [3.8, 4) is 0 Å². The Morgan fingerprint density at radius 3 is 2.65 bits per heavy atom. The van der Waals surface area contributed by atoms with E-state index in [0.29, 0.717) is 30.3 Å². The number of carbonyl (C=O) groups excluding carboxylic acids is 2. The molecule has 0 aromatic carbocycles. The average Bonchev–Trinajstić information content (AvgIpc) is 3.27. The van der Waals surface area contributed by atoms with Gasteiger partial charge in [-0.05, 0) is 42.7 Å². The molecule has 0 aliphatic heterocycles. The number of pyridine rings is 1. The van der Waals surface area contributed by atoms with Crippen molar-refractivity contribution < 1.29 is 14.3 Å². The fraction of sp³-hybridized carbons (Fsp3) is 0.522. The van der Waals surface area contributed by atoms with Gasteiger partial charge in [-0.1, -0.05) is 32.1 Å². The van der Waals surface area contributed by atoms with Crippen LogP contribution in [0.4, 0.5) is 0 Å². The number of ketones is 1. The van der Waals surface area contributed by atoms with Gasteiger partial charge >= 0.3 is 5.97 Å². The summed E-state index contributed by atoms with van der Waals surface area (Å²) in [5.74, 6) is 0.219. The third kappa shape index (κ3) is 5.00. The number of rotatable bonds is 8. The average molecular weight is 424 g/mol. The van der Waals surface area contributed by atoms with Crippen molar-refractivity contribution in [3.05, 3.63) is 47.7 Å². The molecule has 3 aromatic heterocycles. The maximum Gasteiger partial charge on any atom is 0.308 e. The SMILES string of the molecule is CCOC(=O)CC(c1cn2cc(C3CC3)ccc2n1)n1cc(C(=O)CC(C)(C)C)nn1. The Hall–Kier alpha value is -3.03. The second kappa shape index (κ2) is 8.24. The molecule has 1 aliphatic carbocycles. The standard InChI is InChI=1S/C23H29N5O3/c1-5-31-22(30)10-19(28-14-18(25-26-28)20(29)11-23(2,3)4)17-13-27-12-16(15-6-7-15)8-9-21(27)24-17/h8-9,12-15,19H,5-7,10-11H2,1-4H3. The lowest BCUT2D eigenvalue weighted by molar-refractivity contribution is -0.143. The Kier molecular flexibility index (Phi) is 5.64. The number of aromatic nitrogens is 5. The monoisotopic (exact) mass is 423 g/mol. The lowest BCUT2D eigenvalue weighted by Gasteiger charge is -2.15. The predicted molar refractivity (Wildman–Crippen MR) is 115 cm³/mol. The van der Waals surface area contributed by atoms with Gasteiger partial charge in [-0.25, -0.2) is 9.67 Å². The van der Waals surface area contributed by atoms with E-state index in [0.717, 1.165) is 5.65 Å². The van der Waals surface area contributed by atoms with Crippen LogP contribution in [0.25, 0.3) is 5.65 Å². The van der Waals surface area contributed by atoms with Gasteiger partial charge in [0.1, 0.15) is 17.4 Å². The molecule has 0 amide bonds. The molecule has 4 rings (SSSR count). The number of ether oxygens (including phenoxy) is 1. The highest BCUT2D eigenvalue weighted by molar-refractivity contribution is 5.94. The number of carbonyl (C=O) groups is 2. The fourth-order valence-electron chi connectivity index (χ4n) is 3.69. The molecule has 0 spiro atoms. The van der Waals surface area contributed by atoms with E-state index >= 15 is 0 Å². The van der Waals surface area contributed by atoms with Gasteiger partial charge in [0.05, 0.1) is 24.9 Å². The molecule has 8 nitrogen and oxygen atoms in total. The van der Waals surface area contributed by atoms with Crippen LogP contribution in [-0.4, -0.2) is 42.7 Å². The molecule has 0 N–H and O–H groups in total. The summed E-state index contributed by atoms with van der Waals surface area (Å²) in [6.45, 7) is 8.09. The van der Waals surface area contributed by atoms with Crippen molar-refractivity contribution in [2.24, 2.45) is 5.41 Å². The lowest BCUT2D eigenvalue weighted by atomic mass is 9.89. The summed E-state index contributed by atoms with van der Waals surface area (Å²) < 4.78 is 8.71. The Bertz CT molecular complexity index is 1100. The van der Waals surface area contributed by atoms with Crippen molar-refractivity contribution in [1.29, 1.82) is 0 Å². The molecule has 0 saturated heterocycles. The number of imidazole rings is 1. The van der Waals surface area contributed by atoms with E-state index in [-0.39, 0.29) is 23.6 Å². The molecule has 8 heteroatoms. The molecular weight excluding hydrogens is 394 g/mol. The van der Waals surface area contributed by atoms with Crippen LogP contribution < -0.4 is 0 Å². The molecule has 3 heterocycles. The van der Waals surface area contributed by atoms with Crippen LogP contribution in [0.5, 0.6) is 0 Å². The van der Waals surface area contributed by atoms with Gasteiger partial charge in [0.2, 0.25) is 0 Å². The molecule has 1 aliphatic rings. The molecule has 164 valence electrons. The highest BCUT2D eigenvalue weighted by Crippen LogP contribution is 2.40. The maximum absolute atomic E-state index is 12.6. The Labute approximate surface area is 181 Å². The minimum Gasteiger partial charge on any atom is -0.466 e. The normalized spacial score (nSPS) is 15.2. The summed E-state index contributed by atoms with van der Waals surface area (Å²) >= 11 is 0. The predicted octanol–water partition coefficient (Wildman–Crippen LogP) is 3.96. The molecule has 3 aromatic rings. The van der Waals surface area contributed by atoms with Gasteiger partial charge in [0, 0.05) is 18.8 Å². The first-order valence-corrected chi connectivity index (χ1v) is 10.8. The van der Waals surface area contributed by atoms with E-state index in [1.807, 2.05) is 37.4 Å². The van der Waals surface area contributed by atoms with E-state index in [1.165, 1.54) is 18.4 Å². The van der Waals surface area contributed by atoms with E-state index in [4.69, 9.17) is 9.72 Å². The molecule has 1 atom stereocenters. The molecule has 0 radical (unpaired) electrons. The molecule has 0 bridgehead atoms. The highest BCUT2D eigenvalue weighted by Gasteiger charge is 2.27. The van der Waals surface area contributed by atoms with Crippen molar-refractivity contribution in [1.82, 2.24) is 24.4 Å². The quantitative estimate of drug-likeness (QED) is 0.402. The van der Waals surface area contributed by atoms with Gasteiger partial charge in [0.15, 0.2) is 5.78 Å². The summed E-state index contributed by atoms with van der Waals surface area (Å²) in [5, 5.41) is 8.25. The second-order valence-electron chi connectivity index (χ2n) is 9.44. The zero-order valence-corrected chi connectivity index (χ0v) is 18.5. The smallest absolute Gasteiger partial charge is 0.308 e. The van der Waals surface area contributed by atoms with Crippen LogP contribution in [0, 0.1) is 5.41 Å². The number of Topliss-reactive ketones (excluding diaryl/α,β-unsaturated/α-hetero) is 1. The number of hydrogen-bond donors (Lipinski definition) is 0. The fourth-order valence-corrected chi connectivity index (χ4v) is 3.69. The largest absolute Gasteiger partial charge is 0.466 e. The molecule has 1 saturated carbocycles. The highest BCUT2D eigenvalue weighted by atomic mass is 16.5. The van der Waals surface area contributed by atoms with Gasteiger partial charge in [-0.3, -0.25) is 9.59 Å². The molecule has 31 heavy (non-hydrogen) atoms. The first-order valence-electron chi connectivity index (χ1n) is 10.8. The topological polar surface area (TPSA) is 91.4 Å². The van der Waals surface area contributed by atoms with Crippen LogP contribution in [0.1, 0.15) is 87.1 Å². The number of esters is 1. The van der Waals surface area contributed by atoms with Gasteiger partial charge in [-0.15, -0.1) is 5.10 Å². The third-order valence-corrected chi connectivity index (χ3v) is 5.35. The van der Waals surface area contributed by atoms with Crippen LogP contribution in [0.15, 0.2) is 30.7 Å². The van der Waals surface area contributed by atoms with Crippen molar-refractivity contribution in [2.75, 3.05) is 6.61 Å². The summed E-state index contributed by atoms with van der Waals surface area (Å²) in [6.07, 6.45) is 8.51. The van der Waals surface area contributed by atoms with E-state index < -0.39 is 6.04 Å². The van der Waals surface area contributed by atoms with Gasteiger partial charge in [-0.2, -0.15) is 0 Å². The molecule has 1 fully saturated rings. The minimum atomic E-state index is -0.507. The van der Waals surface area contributed by atoms with E-state index in [2.05, 4.69) is 22.6 Å². The Morgan fingerprint density at radius 1 is 1.19 bits per heavy atom. The van der Waals surface area contributed by atoms with Crippen molar-refractivity contribution in [2.45, 2.75) is 65.3 Å². The summed E-state index contributed by atoms with van der Waals surface area (Å²) in [6, 6.07) is 3.60. The van der Waals surface area contributed by atoms with Crippen LogP contribution in [-0.2, 0) is 9.53 Å². The van der Waals surface area contributed by atoms with Gasteiger partial charge in [0.25, 0.3) is 0 Å². The van der Waals surface area contributed by atoms with E-state index in [9.17, 15) is 9.59 Å².